The Kier molecular flexibility index (Phi) is 2.90. The van der Waals surface area contributed by atoms with E-state index in [9.17, 15) is 4.79 Å². The highest BCUT2D eigenvalue weighted by molar-refractivity contribution is 6.31. The van der Waals surface area contributed by atoms with Crippen LogP contribution < -0.4 is 5.32 Å². The quantitative estimate of drug-likeness (QED) is 0.858. The summed E-state index contributed by atoms with van der Waals surface area (Å²) < 4.78 is 5.39. The maximum absolute atomic E-state index is 10.3. The zero-order valence-corrected chi connectivity index (χ0v) is 9.28. The summed E-state index contributed by atoms with van der Waals surface area (Å²) in [5, 5.41) is 20.7. The van der Waals surface area contributed by atoms with Crippen LogP contribution in [-0.2, 0) is 6.54 Å². The number of benzene rings is 1. The van der Waals surface area contributed by atoms with E-state index in [1.807, 2.05) is 6.07 Å². The zero-order chi connectivity index (χ0) is 12.4. The van der Waals surface area contributed by atoms with Gasteiger partial charge in [-0.2, -0.15) is 5.26 Å². The predicted molar refractivity (Wildman–Crippen MR) is 60.8 cm³/mol. The smallest absolute Gasteiger partial charge is 0.405 e. The van der Waals surface area contributed by atoms with Gasteiger partial charge in [-0.05, 0) is 18.2 Å². The van der Waals surface area contributed by atoms with Crippen LogP contribution in [0.5, 0.6) is 0 Å². The fraction of sp³-hybridized carbons (Fsp3) is 0.0909. The second kappa shape index (κ2) is 4.36. The monoisotopic (exact) mass is 250 g/mol. The van der Waals surface area contributed by atoms with Crippen molar-refractivity contribution in [3.05, 3.63) is 34.5 Å². The van der Waals surface area contributed by atoms with Crippen molar-refractivity contribution in [2.45, 2.75) is 6.54 Å². The van der Waals surface area contributed by atoms with Crippen LogP contribution in [0.4, 0.5) is 4.79 Å². The third-order valence-electron chi connectivity index (χ3n) is 2.17. The SMILES string of the molecule is N#Cc1cc(Cl)cc2cc(CNC(=O)O)oc12. The molecule has 2 rings (SSSR count). The minimum Gasteiger partial charge on any atom is -0.465 e. The number of carbonyl (C=O) groups is 1. The lowest BCUT2D eigenvalue weighted by molar-refractivity contribution is 0.193. The van der Waals surface area contributed by atoms with E-state index in [-0.39, 0.29) is 6.54 Å². The van der Waals surface area contributed by atoms with Gasteiger partial charge in [0.2, 0.25) is 0 Å². The number of amides is 1. The number of rotatable bonds is 2. The molecule has 0 unspecified atom stereocenters. The fourth-order valence-electron chi connectivity index (χ4n) is 1.50. The second-order valence-electron chi connectivity index (χ2n) is 3.35. The molecule has 0 spiro atoms. The van der Waals surface area contributed by atoms with Crippen molar-refractivity contribution in [1.82, 2.24) is 5.32 Å². The molecule has 2 aromatic rings. The van der Waals surface area contributed by atoms with Crippen LogP contribution in [0.3, 0.4) is 0 Å². The first-order valence-corrected chi connectivity index (χ1v) is 5.07. The van der Waals surface area contributed by atoms with Crippen molar-refractivity contribution in [2.24, 2.45) is 0 Å². The molecular formula is C11H7ClN2O3. The molecule has 0 saturated heterocycles. The van der Waals surface area contributed by atoms with Crippen molar-refractivity contribution >= 4 is 28.7 Å². The van der Waals surface area contributed by atoms with E-state index in [2.05, 4.69) is 5.32 Å². The van der Waals surface area contributed by atoms with Crippen LogP contribution >= 0.6 is 11.6 Å². The van der Waals surface area contributed by atoms with E-state index in [1.54, 1.807) is 12.1 Å². The summed E-state index contributed by atoms with van der Waals surface area (Å²) >= 11 is 5.84. The van der Waals surface area contributed by atoms with Gasteiger partial charge >= 0.3 is 6.09 Å². The normalized spacial score (nSPS) is 10.1. The third-order valence-corrected chi connectivity index (χ3v) is 2.38. The van der Waals surface area contributed by atoms with Crippen LogP contribution in [0.25, 0.3) is 11.0 Å². The molecule has 0 aliphatic carbocycles. The third kappa shape index (κ3) is 2.32. The van der Waals surface area contributed by atoms with Crippen LogP contribution in [0.2, 0.25) is 5.02 Å². The first-order valence-electron chi connectivity index (χ1n) is 4.69. The molecule has 0 atom stereocenters. The number of furan rings is 1. The first-order chi connectivity index (χ1) is 8.10. The molecule has 2 N–H and O–H groups in total. The van der Waals surface area contributed by atoms with E-state index < -0.39 is 6.09 Å². The van der Waals surface area contributed by atoms with Crippen molar-refractivity contribution in [2.75, 3.05) is 0 Å². The molecule has 1 amide bonds. The van der Waals surface area contributed by atoms with Crippen LogP contribution in [0.15, 0.2) is 22.6 Å². The Morgan fingerprint density at radius 3 is 2.94 bits per heavy atom. The lowest BCUT2D eigenvalue weighted by atomic mass is 10.2. The van der Waals surface area contributed by atoms with Gasteiger partial charge in [-0.25, -0.2) is 4.79 Å². The van der Waals surface area contributed by atoms with Crippen molar-refractivity contribution < 1.29 is 14.3 Å². The molecule has 0 bridgehead atoms. The molecule has 0 aliphatic rings. The average molecular weight is 251 g/mol. The number of hydrogen-bond donors (Lipinski definition) is 2. The number of fused-ring (bicyclic) bond motifs is 1. The number of nitriles is 1. The molecule has 1 aromatic carbocycles. The number of halogens is 1. The fourth-order valence-corrected chi connectivity index (χ4v) is 1.73. The Bertz CT molecular complexity index is 627. The van der Waals surface area contributed by atoms with Gasteiger partial charge in [0.25, 0.3) is 0 Å². The maximum atomic E-state index is 10.3. The lowest BCUT2D eigenvalue weighted by Crippen LogP contribution is -2.19. The number of nitrogens with one attached hydrogen (secondary N) is 1. The van der Waals surface area contributed by atoms with Gasteiger partial charge in [0.05, 0.1) is 12.1 Å². The molecule has 0 fully saturated rings. The van der Waals surface area contributed by atoms with Crippen molar-refractivity contribution in [3.8, 4) is 6.07 Å². The summed E-state index contributed by atoms with van der Waals surface area (Å²) in [5.74, 6) is 0.432. The average Bonchev–Trinajstić information content (AvgIpc) is 2.67. The Morgan fingerprint density at radius 2 is 2.29 bits per heavy atom. The Balaban J connectivity index is 2.43. The molecule has 5 nitrogen and oxygen atoms in total. The summed E-state index contributed by atoms with van der Waals surface area (Å²) in [7, 11) is 0. The van der Waals surface area contributed by atoms with Gasteiger partial charge in [-0.3, -0.25) is 0 Å². The largest absolute Gasteiger partial charge is 0.465 e. The van der Waals surface area contributed by atoms with E-state index in [0.717, 1.165) is 0 Å². The van der Waals surface area contributed by atoms with Gasteiger partial charge in [-0.1, -0.05) is 11.6 Å². The molecule has 1 aromatic heterocycles. The first kappa shape index (κ1) is 11.3. The van der Waals surface area contributed by atoms with Crippen LogP contribution in [-0.4, -0.2) is 11.2 Å². The topological polar surface area (TPSA) is 86.3 Å². The summed E-state index contributed by atoms with van der Waals surface area (Å²) in [5.41, 5.74) is 0.744. The lowest BCUT2D eigenvalue weighted by Gasteiger charge is -1.95. The second-order valence-corrected chi connectivity index (χ2v) is 3.79. The molecular weight excluding hydrogens is 244 g/mol. The molecule has 0 aliphatic heterocycles. The van der Waals surface area contributed by atoms with E-state index >= 15 is 0 Å². The molecule has 17 heavy (non-hydrogen) atoms. The zero-order valence-electron chi connectivity index (χ0n) is 8.53. The van der Waals surface area contributed by atoms with E-state index in [4.69, 9.17) is 26.4 Å². The highest BCUT2D eigenvalue weighted by atomic mass is 35.5. The summed E-state index contributed by atoms with van der Waals surface area (Å²) in [6.07, 6.45) is -1.14. The number of nitrogens with zero attached hydrogens (tertiary/aromatic N) is 1. The van der Waals surface area contributed by atoms with Gasteiger partial charge in [-0.15, -0.1) is 0 Å². The minimum absolute atomic E-state index is 0.0481. The minimum atomic E-state index is -1.14. The Morgan fingerprint density at radius 1 is 1.53 bits per heavy atom. The van der Waals surface area contributed by atoms with Gasteiger partial charge in [0, 0.05) is 10.4 Å². The molecule has 0 saturated carbocycles. The summed E-state index contributed by atoms with van der Waals surface area (Å²) in [6, 6.07) is 6.78. The van der Waals surface area contributed by atoms with Crippen molar-refractivity contribution in [3.63, 3.8) is 0 Å². The van der Waals surface area contributed by atoms with Crippen LogP contribution in [0.1, 0.15) is 11.3 Å². The summed E-state index contributed by atoms with van der Waals surface area (Å²) in [4.78, 5) is 10.3. The Hall–Kier alpha value is -2.19. The molecule has 6 heteroatoms. The predicted octanol–water partition coefficient (Wildman–Crippen LogP) is 2.73. The number of carboxylic acid groups (broad SMARTS) is 1. The highest BCUT2D eigenvalue weighted by Crippen LogP contribution is 2.26. The van der Waals surface area contributed by atoms with Gasteiger partial charge in [0.1, 0.15) is 11.8 Å². The summed E-state index contributed by atoms with van der Waals surface area (Å²) in [6.45, 7) is 0.0481. The molecule has 0 radical (unpaired) electrons. The number of hydrogen-bond acceptors (Lipinski definition) is 3. The van der Waals surface area contributed by atoms with E-state index in [1.165, 1.54) is 6.07 Å². The van der Waals surface area contributed by atoms with Crippen molar-refractivity contribution in [1.29, 1.82) is 5.26 Å². The van der Waals surface area contributed by atoms with E-state index in [0.29, 0.717) is 27.3 Å². The van der Waals surface area contributed by atoms with Gasteiger partial charge < -0.3 is 14.8 Å². The highest BCUT2D eigenvalue weighted by Gasteiger charge is 2.10. The van der Waals surface area contributed by atoms with Crippen LogP contribution in [0, 0.1) is 11.3 Å². The molecule has 86 valence electrons. The standard InChI is InChI=1S/C11H7ClN2O3/c12-8-1-6-3-9(5-14-11(15)16)17-10(6)7(2-8)4-13/h1-3,14H,5H2,(H,15,16). The molecule has 1 heterocycles. The Labute approximate surface area is 101 Å². The van der Waals surface area contributed by atoms with Gasteiger partial charge in [0.15, 0.2) is 5.58 Å². The maximum Gasteiger partial charge on any atom is 0.405 e.